The van der Waals surface area contributed by atoms with Crippen LogP contribution in [-0.4, -0.2) is 34.9 Å². The van der Waals surface area contributed by atoms with Gasteiger partial charge in [0.25, 0.3) is 0 Å². The second kappa shape index (κ2) is 7.85. The highest BCUT2D eigenvalue weighted by Crippen LogP contribution is 2.43. The number of fused-ring (bicyclic) bond motifs is 1. The predicted molar refractivity (Wildman–Crippen MR) is 108 cm³/mol. The highest BCUT2D eigenvalue weighted by atomic mass is 16.3. The SMILES string of the molecule is CC(C(=O)c1ccc(O)cc1)N1C[C@H]2C[C@H](CCc3ccccc3)C[C@H]2C1. The lowest BCUT2D eigenvalue weighted by Crippen LogP contribution is -2.38. The number of phenolic OH excluding ortho intramolecular Hbond substituents is 1. The quantitative estimate of drug-likeness (QED) is 0.765. The van der Waals surface area contributed by atoms with Gasteiger partial charge in [-0.2, -0.15) is 0 Å². The summed E-state index contributed by atoms with van der Waals surface area (Å²) in [5.74, 6) is 2.71. The number of carbonyl (C=O) groups is 1. The lowest BCUT2D eigenvalue weighted by Gasteiger charge is -2.25. The molecule has 27 heavy (non-hydrogen) atoms. The molecular formula is C24H29NO2. The van der Waals surface area contributed by atoms with Gasteiger partial charge >= 0.3 is 0 Å². The Labute approximate surface area is 162 Å². The molecule has 1 aliphatic carbocycles. The molecule has 1 saturated carbocycles. The smallest absolute Gasteiger partial charge is 0.179 e. The Morgan fingerprint density at radius 2 is 1.67 bits per heavy atom. The van der Waals surface area contributed by atoms with Gasteiger partial charge in [-0.3, -0.25) is 9.69 Å². The Kier molecular flexibility index (Phi) is 5.31. The third kappa shape index (κ3) is 4.08. The monoisotopic (exact) mass is 363 g/mol. The van der Waals surface area contributed by atoms with Crippen LogP contribution in [0.25, 0.3) is 0 Å². The number of phenols is 1. The molecule has 0 bridgehead atoms. The van der Waals surface area contributed by atoms with Crippen molar-refractivity contribution in [1.29, 1.82) is 0 Å². The van der Waals surface area contributed by atoms with Crippen LogP contribution < -0.4 is 0 Å². The van der Waals surface area contributed by atoms with Gasteiger partial charge in [-0.25, -0.2) is 0 Å². The van der Waals surface area contributed by atoms with Gasteiger partial charge in [0.15, 0.2) is 5.78 Å². The number of ketones is 1. The fourth-order valence-corrected chi connectivity index (χ4v) is 5.06. The molecule has 2 aromatic carbocycles. The lowest BCUT2D eigenvalue weighted by atomic mass is 9.96. The first-order valence-corrected chi connectivity index (χ1v) is 10.2. The fraction of sp³-hybridized carbons (Fsp3) is 0.458. The van der Waals surface area contributed by atoms with Crippen molar-refractivity contribution in [2.24, 2.45) is 17.8 Å². The molecule has 142 valence electrons. The highest BCUT2D eigenvalue weighted by molar-refractivity contribution is 5.99. The van der Waals surface area contributed by atoms with Crippen LogP contribution in [0.4, 0.5) is 0 Å². The molecule has 1 unspecified atom stereocenters. The number of aromatic hydroxyl groups is 1. The molecule has 0 radical (unpaired) electrons. The molecule has 3 nitrogen and oxygen atoms in total. The molecular weight excluding hydrogens is 334 g/mol. The van der Waals surface area contributed by atoms with E-state index in [-0.39, 0.29) is 17.6 Å². The molecule has 1 aliphatic heterocycles. The first-order chi connectivity index (χ1) is 13.1. The molecule has 0 amide bonds. The summed E-state index contributed by atoms with van der Waals surface area (Å²) in [6.45, 7) is 4.14. The van der Waals surface area contributed by atoms with Crippen molar-refractivity contribution >= 4 is 5.78 Å². The molecule has 0 aromatic heterocycles. The zero-order valence-corrected chi connectivity index (χ0v) is 16.1. The van der Waals surface area contributed by atoms with Crippen molar-refractivity contribution in [3.8, 4) is 5.75 Å². The van der Waals surface area contributed by atoms with E-state index in [1.165, 1.54) is 31.2 Å². The molecule has 4 rings (SSSR count). The zero-order valence-electron chi connectivity index (χ0n) is 16.1. The Balaban J connectivity index is 1.29. The summed E-state index contributed by atoms with van der Waals surface area (Å²) in [6.07, 6.45) is 5.10. The molecule has 1 N–H and O–H groups in total. The molecule has 2 aliphatic rings. The third-order valence-corrected chi connectivity index (χ3v) is 6.64. The summed E-state index contributed by atoms with van der Waals surface area (Å²) < 4.78 is 0. The van der Waals surface area contributed by atoms with Crippen molar-refractivity contribution in [3.63, 3.8) is 0 Å². The van der Waals surface area contributed by atoms with E-state index in [0.717, 1.165) is 30.8 Å². The van der Waals surface area contributed by atoms with Crippen LogP contribution in [0, 0.1) is 17.8 Å². The number of nitrogens with zero attached hydrogens (tertiary/aromatic N) is 1. The van der Waals surface area contributed by atoms with Crippen molar-refractivity contribution in [2.75, 3.05) is 13.1 Å². The Hall–Kier alpha value is -2.13. The Morgan fingerprint density at radius 3 is 2.30 bits per heavy atom. The zero-order chi connectivity index (χ0) is 18.8. The number of aryl methyl sites for hydroxylation is 1. The normalized spacial score (nSPS) is 26.0. The first-order valence-electron chi connectivity index (χ1n) is 10.2. The van der Waals surface area contributed by atoms with E-state index in [1.54, 1.807) is 24.3 Å². The van der Waals surface area contributed by atoms with Crippen LogP contribution in [0.2, 0.25) is 0 Å². The van der Waals surface area contributed by atoms with Crippen molar-refractivity contribution < 1.29 is 9.90 Å². The molecule has 2 fully saturated rings. The van der Waals surface area contributed by atoms with E-state index >= 15 is 0 Å². The third-order valence-electron chi connectivity index (χ3n) is 6.64. The maximum absolute atomic E-state index is 12.8. The second-order valence-corrected chi connectivity index (χ2v) is 8.42. The van der Waals surface area contributed by atoms with Crippen LogP contribution in [0.5, 0.6) is 5.75 Å². The number of hydrogen-bond donors (Lipinski definition) is 1. The number of likely N-dealkylation sites (tertiary alicyclic amines) is 1. The highest BCUT2D eigenvalue weighted by Gasteiger charge is 2.42. The number of Topliss-reactive ketones (excluding diaryl/α,β-unsaturated/α-hetero) is 1. The van der Waals surface area contributed by atoms with Crippen LogP contribution >= 0.6 is 0 Å². The maximum Gasteiger partial charge on any atom is 0.179 e. The molecule has 4 atom stereocenters. The standard InChI is InChI=1S/C24H29NO2/c1-17(24(27)20-9-11-23(26)12-10-20)25-15-21-13-19(14-22(21)16-25)8-7-18-5-3-2-4-6-18/h2-6,9-12,17,19,21-22,26H,7-8,13-16H2,1H3/t17?,19-,21+,22-. The first kappa shape index (κ1) is 18.2. The summed E-state index contributed by atoms with van der Waals surface area (Å²) in [7, 11) is 0. The van der Waals surface area contributed by atoms with Gasteiger partial charge in [0.1, 0.15) is 5.75 Å². The van der Waals surface area contributed by atoms with Gasteiger partial charge in [0.2, 0.25) is 0 Å². The van der Waals surface area contributed by atoms with E-state index in [1.807, 2.05) is 6.92 Å². The van der Waals surface area contributed by atoms with Gasteiger partial charge < -0.3 is 5.11 Å². The minimum atomic E-state index is -0.0806. The fourth-order valence-electron chi connectivity index (χ4n) is 5.06. The van der Waals surface area contributed by atoms with Crippen molar-refractivity contribution in [2.45, 2.75) is 38.6 Å². The van der Waals surface area contributed by atoms with E-state index in [2.05, 4.69) is 35.2 Å². The maximum atomic E-state index is 12.8. The summed E-state index contributed by atoms with van der Waals surface area (Å²) in [4.78, 5) is 15.1. The van der Waals surface area contributed by atoms with Gasteiger partial charge in [-0.05, 0) is 80.2 Å². The largest absolute Gasteiger partial charge is 0.508 e. The molecule has 3 heteroatoms. The topological polar surface area (TPSA) is 40.5 Å². The average Bonchev–Trinajstić information content (AvgIpc) is 3.25. The van der Waals surface area contributed by atoms with Gasteiger partial charge in [-0.1, -0.05) is 30.3 Å². The predicted octanol–water partition coefficient (Wildman–Crippen LogP) is 4.55. The molecule has 0 spiro atoms. The summed E-state index contributed by atoms with van der Waals surface area (Å²) in [5.41, 5.74) is 2.14. The molecule has 2 aromatic rings. The number of rotatable bonds is 6. The lowest BCUT2D eigenvalue weighted by molar-refractivity contribution is 0.0856. The number of hydrogen-bond acceptors (Lipinski definition) is 3. The van der Waals surface area contributed by atoms with E-state index in [9.17, 15) is 9.90 Å². The van der Waals surface area contributed by atoms with Gasteiger partial charge in [-0.15, -0.1) is 0 Å². The number of benzene rings is 2. The average molecular weight is 364 g/mol. The van der Waals surface area contributed by atoms with Crippen LogP contribution in [-0.2, 0) is 6.42 Å². The van der Waals surface area contributed by atoms with Crippen LogP contribution in [0.3, 0.4) is 0 Å². The summed E-state index contributed by atoms with van der Waals surface area (Å²) in [6, 6.07) is 17.4. The molecule has 1 saturated heterocycles. The summed E-state index contributed by atoms with van der Waals surface area (Å²) in [5, 5.41) is 9.42. The van der Waals surface area contributed by atoms with E-state index < -0.39 is 0 Å². The van der Waals surface area contributed by atoms with Crippen molar-refractivity contribution in [3.05, 3.63) is 65.7 Å². The minimum absolute atomic E-state index is 0.0806. The second-order valence-electron chi connectivity index (χ2n) is 8.42. The van der Waals surface area contributed by atoms with Crippen LogP contribution in [0.1, 0.15) is 42.1 Å². The summed E-state index contributed by atoms with van der Waals surface area (Å²) >= 11 is 0. The van der Waals surface area contributed by atoms with Crippen molar-refractivity contribution in [1.82, 2.24) is 4.90 Å². The Morgan fingerprint density at radius 1 is 1.04 bits per heavy atom. The van der Waals surface area contributed by atoms with E-state index in [4.69, 9.17) is 0 Å². The number of carbonyl (C=O) groups excluding carboxylic acids is 1. The van der Waals surface area contributed by atoms with Gasteiger partial charge in [0, 0.05) is 18.7 Å². The van der Waals surface area contributed by atoms with E-state index in [0.29, 0.717) is 5.56 Å². The van der Waals surface area contributed by atoms with Gasteiger partial charge in [0.05, 0.1) is 6.04 Å². The Bertz CT molecular complexity index is 757. The minimum Gasteiger partial charge on any atom is -0.508 e. The molecule has 1 heterocycles. The van der Waals surface area contributed by atoms with Crippen LogP contribution in [0.15, 0.2) is 54.6 Å².